The summed E-state index contributed by atoms with van der Waals surface area (Å²) in [4.78, 5) is 16.1. The minimum absolute atomic E-state index is 0.344. The Morgan fingerprint density at radius 1 is 1.56 bits per heavy atom. The molecule has 5 heteroatoms. The summed E-state index contributed by atoms with van der Waals surface area (Å²) in [5, 5.41) is 3.21. The van der Waals surface area contributed by atoms with E-state index in [0.717, 1.165) is 30.9 Å². The lowest BCUT2D eigenvalue weighted by Crippen LogP contribution is -2.30. The van der Waals surface area contributed by atoms with Crippen LogP contribution in [0.4, 0.5) is 4.79 Å². The molecule has 88 valence electrons. The average molecular weight is 223 g/mol. The minimum atomic E-state index is -0.471. The number of hydrogen-bond donors (Lipinski definition) is 1. The fourth-order valence-corrected chi connectivity index (χ4v) is 1.71. The Kier molecular flexibility index (Phi) is 2.71. The van der Waals surface area contributed by atoms with Crippen LogP contribution < -0.4 is 5.32 Å². The number of nitrogens with zero attached hydrogens (tertiary/aromatic N) is 2. The fourth-order valence-electron chi connectivity index (χ4n) is 1.71. The SMILES string of the molecule is CC(C)(C)OC(=O)n1cnc2c1CCNC2. The smallest absolute Gasteiger partial charge is 0.420 e. The summed E-state index contributed by atoms with van der Waals surface area (Å²) in [7, 11) is 0. The van der Waals surface area contributed by atoms with Crippen molar-refractivity contribution in [3.05, 3.63) is 17.7 Å². The second kappa shape index (κ2) is 3.90. The van der Waals surface area contributed by atoms with Crippen LogP contribution in [-0.2, 0) is 17.7 Å². The summed E-state index contributed by atoms with van der Waals surface area (Å²) in [5.41, 5.74) is 1.44. The average Bonchev–Trinajstić information content (AvgIpc) is 2.58. The van der Waals surface area contributed by atoms with Crippen LogP contribution in [0, 0.1) is 0 Å². The molecule has 0 aromatic carbocycles. The number of rotatable bonds is 0. The van der Waals surface area contributed by atoms with E-state index in [0.29, 0.717) is 0 Å². The van der Waals surface area contributed by atoms with E-state index >= 15 is 0 Å². The van der Waals surface area contributed by atoms with Crippen LogP contribution in [0.15, 0.2) is 6.33 Å². The van der Waals surface area contributed by atoms with Gasteiger partial charge >= 0.3 is 6.09 Å². The molecule has 2 rings (SSSR count). The van der Waals surface area contributed by atoms with Crippen molar-refractivity contribution in [2.45, 2.75) is 39.3 Å². The van der Waals surface area contributed by atoms with Gasteiger partial charge in [0.05, 0.1) is 11.4 Å². The first kappa shape index (κ1) is 11.1. The van der Waals surface area contributed by atoms with Crippen molar-refractivity contribution in [3.8, 4) is 0 Å². The molecule has 1 aliphatic rings. The van der Waals surface area contributed by atoms with E-state index in [9.17, 15) is 4.79 Å². The number of carbonyl (C=O) groups excluding carboxylic acids is 1. The number of hydrogen-bond acceptors (Lipinski definition) is 4. The van der Waals surface area contributed by atoms with E-state index in [1.807, 2.05) is 20.8 Å². The Morgan fingerprint density at radius 3 is 3.00 bits per heavy atom. The second-order valence-corrected chi connectivity index (χ2v) is 4.92. The molecule has 0 aliphatic carbocycles. The largest absolute Gasteiger partial charge is 0.443 e. The van der Waals surface area contributed by atoms with Gasteiger partial charge in [-0.05, 0) is 20.8 Å². The topological polar surface area (TPSA) is 56.2 Å². The highest BCUT2D eigenvalue weighted by atomic mass is 16.6. The van der Waals surface area contributed by atoms with Gasteiger partial charge in [0.25, 0.3) is 0 Å². The molecule has 1 N–H and O–H groups in total. The third-order valence-electron chi connectivity index (χ3n) is 2.37. The van der Waals surface area contributed by atoms with Gasteiger partial charge in [0.1, 0.15) is 11.9 Å². The number of nitrogens with one attached hydrogen (secondary N) is 1. The van der Waals surface area contributed by atoms with Gasteiger partial charge in [0.15, 0.2) is 0 Å². The summed E-state index contributed by atoms with van der Waals surface area (Å²) in [6.45, 7) is 7.17. The molecule has 5 nitrogen and oxygen atoms in total. The normalized spacial score (nSPS) is 15.7. The highest BCUT2D eigenvalue weighted by Crippen LogP contribution is 2.15. The van der Waals surface area contributed by atoms with Gasteiger partial charge in [-0.15, -0.1) is 0 Å². The zero-order chi connectivity index (χ0) is 11.8. The zero-order valence-electron chi connectivity index (χ0n) is 9.91. The number of carbonyl (C=O) groups is 1. The Labute approximate surface area is 94.8 Å². The fraction of sp³-hybridized carbons (Fsp3) is 0.636. The van der Waals surface area contributed by atoms with Crippen LogP contribution in [0.3, 0.4) is 0 Å². The van der Waals surface area contributed by atoms with Crippen molar-refractivity contribution in [2.24, 2.45) is 0 Å². The predicted molar refractivity (Wildman–Crippen MR) is 59.3 cm³/mol. The molecule has 0 saturated carbocycles. The van der Waals surface area contributed by atoms with Gasteiger partial charge in [-0.3, -0.25) is 0 Å². The van der Waals surface area contributed by atoms with Gasteiger partial charge in [-0.2, -0.15) is 0 Å². The third-order valence-corrected chi connectivity index (χ3v) is 2.37. The molecule has 0 spiro atoms. The maximum Gasteiger partial charge on any atom is 0.420 e. The zero-order valence-corrected chi connectivity index (χ0v) is 9.91. The molecule has 0 radical (unpaired) electrons. The van der Waals surface area contributed by atoms with Crippen LogP contribution in [0.25, 0.3) is 0 Å². The van der Waals surface area contributed by atoms with Gasteiger partial charge in [-0.25, -0.2) is 14.3 Å². The van der Waals surface area contributed by atoms with E-state index in [1.165, 1.54) is 4.57 Å². The Bertz CT molecular complexity index is 404. The second-order valence-electron chi connectivity index (χ2n) is 4.92. The van der Waals surface area contributed by atoms with Gasteiger partial charge < -0.3 is 10.1 Å². The van der Waals surface area contributed by atoms with E-state index in [4.69, 9.17) is 4.74 Å². The standard InChI is InChI=1S/C11H17N3O2/c1-11(2,3)16-10(15)14-7-13-8-6-12-5-4-9(8)14/h7,12H,4-6H2,1-3H3. The summed E-state index contributed by atoms with van der Waals surface area (Å²) >= 11 is 0. The van der Waals surface area contributed by atoms with Gasteiger partial charge in [0, 0.05) is 19.5 Å². The summed E-state index contributed by atoms with van der Waals surface area (Å²) < 4.78 is 6.83. The molecule has 0 saturated heterocycles. The maximum absolute atomic E-state index is 11.9. The van der Waals surface area contributed by atoms with Crippen molar-refractivity contribution in [2.75, 3.05) is 6.54 Å². The molecule has 16 heavy (non-hydrogen) atoms. The number of ether oxygens (including phenoxy) is 1. The minimum Gasteiger partial charge on any atom is -0.443 e. The van der Waals surface area contributed by atoms with Crippen molar-refractivity contribution in [1.82, 2.24) is 14.9 Å². The molecule has 1 aromatic heterocycles. The van der Waals surface area contributed by atoms with Gasteiger partial charge in [-0.1, -0.05) is 0 Å². The highest BCUT2D eigenvalue weighted by Gasteiger charge is 2.23. The first-order chi connectivity index (χ1) is 7.47. The van der Waals surface area contributed by atoms with E-state index < -0.39 is 5.60 Å². The van der Waals surface area contributed by atoms with Crippen LogP contribution in [-0.4, -0.2) is 27.8 Å². The molecule has 2 heterocycles. The Hall–Kier alpha value is -1.36. The van der Waals surface area contributed by atoms with E-state index in [-0.39, 0.29) is 6.09 Å². The van der Waals surface area contributed by atoms with E-state index in [1.54, 1.807) is 6.33 Å². The maximum atomic E-state index is 11.9. The first-order valence-electron chi connectivity index (χ1n) is 5.46. The lowest BCUT2D eigenvalue weighted by Gasteiger charge is -2.21. The summed E-state index contributed by atoms with van der Waals surface area (Å²) in [6.07, 6.45) is 2.02. The van der Waals surface area contributed by atoms with Crippen molar-refractivity contribution < 1.29 is 9.53 Å². The molecular weight excluding hydrogens is 206 g/mol. The molecular formula is C11H17N3O2. The van der Waals surface area contributed by atoms with Gasteiger partial charge in [0.2, 0.25) is 0 Å². The molecule has 0 bridgehead atoms. The van der Waals surface area contributed by atoms with E-state index in [2.05, 4.69) is 10.3 Å². The Balaban J connectivity index is 2.21. The molecule has 0 amide bonds. The molecule has 0 fully saturated rings. The highest BCUT2D eigenvalue weighted by molar-refractivity contribution is 5.72. The van der Waals surface area contributed by atoms with Crippen molar-refractivity contribution in [1.29, 1.82) is 0 Å². The van der Waals surface area contributed by atoms with Crippen molar-refractivity contribution >= 4 is 6.09 Å². The number of imidazole rings is 1. The van der Waals surface area contributed by atoms with Crippen LogP contribution in [0.2, 0.25) is 0 Å². The molecule has 1 aliphatic heterocycles. The predicted octanol–water partition coefficient (Wildman–Crippen LogP) is 1.31. The molecule has 1 aromatic rings. The third kappa shape index (κ3) is 2.24. The number of aromatic nitrogens is 2. The van der Waals surface area contributed by atoms with Crippen LogP contribution in [0.5, 0.6) is 0 Å². The quantitative estimate of drug-likeness (QED) is 0.720. The van der Waals surface area contributed by atoms with Crippen LogP contribution >= 0.6 is 0 Å². The monoisotopic (exact) mass is 223 g/mol. The summed E-state index contributed by atoms with van der Waals surface area (Å²) in [5.74, 6) is 0. The Morgan fingerprint density at radius 2 is 2.31 bits per heavy atom. The lowest BCUT2D eigenvalue weighted by molar-refractivity contribution is 0.0531. The molecule has 0 atom stereocenters. The molecule has 0 unspecified atom stereocenters. The number of fused-ring (bicyclic) bond motifs is 1. The van der Waals surface area contributed by atoms with Crippen LogP contribution in [0.1, 0.15) is 32.2 Å². The summed E-state index contributed by atoms with van der Waals surface area (Å²) in [6, 6.07) is 0. The lowest BCUT2D eigenvalue weighted by atomic mass is 10.2. The first-order valence-corrected chi connectivity index (χ1v) is 5.46. The van der Waals surface area contributed by atoms with Crippen molar-refractivity contribution in [3.63, 3.8) is 0 Å².